The highest BCUT2D eigenvalue weighted by Crippen LogP contribution is 2.26. The van der Waals surface area contributed by atoms with E-state index in [9.17, 15) is 9.90 Å². The lowest BCUT2D eigenvalue weighted by atomic mass is 9.92. The molecule has 7 nitrogen and oxygen atoms in total. The summed E-state index contributed by atoms with van der Waals surface area (Å²) >= 11 is 5.99. The molecule has 0 saturated carbocycles. The van der Waals surface area contributed by atoms with Crippen LogP contribution in [-0.4, -0.2) is 79.0 Å². The van der Waals surface area contributed by atoms with Crippen LogP contribution in [0.5, 0.6) is 11.5 Å². The van der Waals surface area contributed by atoms with Gasteiger partial charge in [0.05, 0.1) is 13.2 Å². The molecule has 178 valence electrons. The van der Waals surface area contributed by atoms with Gasteiger partial charge in [-0.3, -0.25) is 9.69 Å². The maximum absolute atomic E-state index is 12.2. The smallest absolute Gasteiger partial charge is 0.260 e. The first-order valence-electron chi connectivity index (χ1n) is 11.4. The number of morpholine rings is 1. The Labute approximate surface area is 199 Å². The first kappa shape index (κ1) is 23.8. The van der Waals surface area contributed by atoms with Crippen molar-refractivity contribution in [1.82, 2.24) is 9.80 Å². The van der Waals surface area contributed by atoms with Crippen molar-refractivity contribution in [2.24, 2.45) is 0 Å². The summed E-state index contributed by atoms with van der Waals surface area (Å²) in [4.78, 5) is 16.3. The van der Waals surface area contributed by atoms with Gasteiger partial charge in [0, 0.05) is 37.7 Å². The predicted octanol–water partition coefficient (Wildman–Crippen LogP) is 2.98. The average molecular weight is 475 g/mol. The number of rotatable bonds is 8. The maximum atomic E-state index is 12.2. The van der Waals surface area contributed by atoms with E-state index >= 15 is 0 Å². The normalized spacial score (nSPS) is 18.7. The minimum Gasteiger partial charge on any atom is -0.491 e. The molecule has 2 fully saturated rings. The van der Waals surface area contributed by atoms with Gasteiger partial charge in [-0.2, -0.15) is 0 Å². The summed E-state index contributed by atoms with van der Waals surface area (Å²) in [5.41, 5.74) is 0.339. The Balaban J connectivity index is 1.19. The van der Waals surface area contributed by atoms with Gasteiger partial charge < -0.3 is 24.2 Å². The van der Waals surface area contributed by atoms with E-state index in [-0.39, 0.29) is 19.1 Å². The third-order valence-corrected chi connectivity index (χ3v) is 6.38. The van der Waals surface area contributed by atoms with Crippen LogP contribution in [0.2, 0.25) is 5.02 Å². The number of amides is 1. The Morgan fingerprint density at radius 2 is 1.73 bits per heavy atom. The highest BCUT2D eigenvalue weighted by molar-refractivity contribution is 6.30. The van der Waals surface area contributed by atoms with Crippen LogP contribution in [0, 0.1) is 0 Å². The van der Waals surface area contributed by atoms with Crippen molar-refractivity contribution in [2.45, 2.75) is 25.0 Å². The number of carbonyl (C=O) groups is 1. The number of piperidine rings is 1. The molecule has 2 aliphatic heterocycles. The van der Waals surface area contributed by atoms with E-state index in [0.717, 1.165) is 19.6 Å². The largest absolute Gasteiger partial charge is 0.491 e. The van der Waals surface area contributed by atoms with Crippen molar-refractivity contribution in [1.29, 1.82) is 0 Å². The van der Waals surface area contributed by atoms with Gasteiger partial charge in [0.2, 0.25) is 0 Å². The minimum atomic E-state index is -0.830. The van der Waals surface area contributed by atoms with E-state index in [1.165, 1.54) is 5.56 Å². The Morgan fingerprint density at radius 1 is 1.00 bits per heavy atom. The molecule has 0 unspecified atom stereocenters. The molecular formula is C25H31ClN2O5. The molecule has 0 bridgehead atoms. The SMILES string of the molecule is O=C(COc1ccc(CN2CCC(O)(COc3cccc(Cl)c3)CC2)cc1)N1CCOCC1. The Kier molecular flexibility index (Phi) is 8.09. The molecule has 1 amide bonds. The second-order valence-corrected chi connectivity index (χ2v) is 9.11. The summed E-state index contributed by atoms with van der Waals surface area (Å²) in [6.45, 7) is 5.11. The van der Waals surface area contributed by atoms with E-state index in [0.29, 0.717) is 55.7 Å². The summed E-state index contributed by atoms with van der Waals surface area (Å²) in [5, 5.41) is 11.5. The number of likely N-dealkylation sites (tertiary alicyclic amines) is 1. The molecule has 33 heavy (non-hydrogen) atoms. The molecule has 0 aliphatic carbocycles. The fourth-order valence-electron chi connectivity index (χ4n) is 4.04. The molecule has 4 rings (SSSR count). The molecule has 2 heterocycles. The van der Waals surface area contributed by atoms with Crippen LogP contribution < -0.4 is 9.47 Å². The van der Waals surface area contributed by atoms with Crippen LogP contribution in [0.15, 0.2) is 48.5 Å². The molecule has 2 saturated heterocycles. The lowest BCUT2D eigenvalue weighted by Gasteiger charge is -2.38. The predicted molar refractivity (Wildman–Crippen MR) is 126 cm³/mol. The zero-order chi connectivity index (χ0) is 23.1. The van der Waals surface area contributed by atoms with Gasteiger partial charge in [-0.25, -0.2) is 0 Å². The van der Waals surface area contributed by atoms with Crippen molar-refractivity contribution in [2.75, 3.05) is 52.6 Å². The van der Waals surface area contributed by atoms with Crippen molar-refractivity contribution in [3.8, 4) is 11.5 Å². The maximum Gasteiger partial charge on any atom is 0.260 e. The second kappa shape index (κ2) is 11.2. The van der Waals surface area contributed by atoms with E-state index < -0.39 is 5.60 Å². The number of nitrogens with zero attached hydrogens (tertiary/aromatic N) is 2. The topological polar surface area (TPSA) is 71.5 Å². The molecule has 2 aliphatic rings. The Hall–Kier alpha value is -2.32. The van der Waals surface area contributed by atoms with Crippen molar-refractivity contribution < 1.29 is 24.1 Å². The number of hydrogen-bond acceptors (Lipinski definition) is 6. The molecule has 0 radical (unpaired) electrons. The van der Waals surface area contributed by atoms with Gasteiger partial charge in [0.1, 0.15) is 23.7 Å². The quantitative estimate of drug-likeness (QED) is 0.634. The van der Waals surface area contributed by atoms with Crippen molar-refractivity contribution >= 4 is 17.5 Å². The molecule has 0 aromatic heterocycles. The van der Waals surface area contributed by atoms with Gasteiger partial charge in [-0.1, -0.05) is 29.8 Å². The molecule has 8 heteroatoms. The van der Waals surface area contributed by atoms with Gasteiger partial charge in [0.25, 0.3) is 5.91 Å². The number of aliphatic hydroxyl groups is 1. The van der Waals surface area contributed by atoms with E-state index in [1.807, 2.05) is 36.4 Å². The molecule has 2 aromatic rings. The summed E-state index contributed by atoms with van der Waals surface area (Å²) < 4.78 is 16.7. The van der Waals surface area contributed by atoms with Crippen LogP contribution in [0.1, 0.15) is 18.4 Å². The third-order valence-electron chi connectivity index (χ3n) is 6.15. The molecule has 1 N–H and O–H groups in total. The Morgan fingerprint density at radius 3 is 2.42 bits per heavy atom. The van der Waals surface area contributed by atoms with Crippen LogP contribution >= 0.6 is 11.6 Å². The fraction of sp³-hybridized carbons (Fsp3) is 0.480. The van der Waals surface area contributed by atoms with E-state index in [2.05, 4.69) is 4.90 Å². The van der Waals surface area contributed by atoms with Gasteiger partial charge in [-0.05, 0) is 48.7 Å². The van der Waals surface area contributed by atoms with Crippen LogP contribution in [0.25, 0.3) is 0 Å². The number of benzene rings is 2. The zero-order valence-corrected chi connectivity index (χ0v) is 19.5. The number of carbonyl (C=O) groups excluding carboxylic acids is 1. The lowest BCUT2D eigenvalue weighted by molar-refractivity contribution is -0.137. The number of hydrogen-bond donors (Lipinski definition) is 1. The summed E-state index contributed by atoms with van der Waals surface area (Å²) in [6.07, 6.45) is 1.30. The van der Waals surface area contributed by atoms with Crippen LogP contribution in [-0.2, 0) is 16.1 Å². The van der Waals surface area contributed by atoms with Crippen molar-refractivity contribution in [3.63, 3.8) is 0 Å². The fourth-order valence-corrected chi connectivity index (χ4v) is 4.22. The number of halogens is 1. The van der Waals surface area contributed by atoms with E-state index in [4.69, 9.17) is 25.8 Å². The number of ether oxygens (including phenoxy) is 3. The third kappa shape index (κ3) is 7.08. The zero-order valence-electron chi connectivity index (χ0n) is 18.7. The summed E-state index contributed by atoms with van der Waals surface area (Å²) in [5.74, 6) is 1.35. The first-order chi connectivity index (χ1) is 16.0. The molecule has 0 atom stereocenters. The highest BCUT2D eigenvalue weighted by Gasteiger charge is 2.33. The summed E-state index contributed by atoms with van der Waals surface area (Å²) in [6, 6.07) is 15.1. The molecule has 2 aromatic carbocycles. The first-order valence-corrected chi connectivity index (χ1v) is 11.8. The van der Waals surface area contributed by atoms with Gasteiger partial charge >= 0.3 is 0 Å². The Bertz CT molecular complexity index is 909. The van der Waals surface area contributed by atoms with Crippen molar-refractivity contribution in [3.05, 3.63) is 59.1 Å². The van der Waals surface area contributed by atoms with E-state index in [1.54, 1.807) is 17.0 Å². The monoisotopic (exact) mass is 474 g/mol. The minimum absolute atomic E-state index is 0.0116. The second-order valence-electron chi connectivity index (χ2n) is 8.67. The average Bonchev–Trinajstić information content (AvgIpc) is 2.84. The lowest BCUT2D eigenvalue weighted by Crippen LogP contribution is -2.47. The van der Waals surface area contributed by atoms with Gasteiger partial charge in [0.15, 0.2) is 6.61 Å². The molecular weight excluding hydrogens is 444 g/mol. The van der Waals surface area contributed by atoms with Gasteiger partial charge in [-0.15, -0.1) is 0 Å². The van der Waals surface area contributed by atoms with Crippen LogP contribution in [0.4, 0.5) is 0 Å². The molecule has 0 spiro atoms. The summed E-state index contributed by atoms with van der Waals surface area (Å²) in [7, 11) is 0. The highest BCUT2D eigenvalue weighted by atomic mass is 35.5. The van der Waals surface area contributed by atoms with Crippen LogP contribution in [0.3, 0.4) is 0 Å². The standard InChI is InChI=1S/C25H31ClN2O5/c26-21-2-1-3-23(16-21)33-19-25(30)8-10-27(11-9-25)17-20-4-6-22(7-5-20)32-18-24(29)28-12-14-31-15-13-28/h1-7,16,30H,8-15,17-19H2.